The van der Waals surface area contributed by atoms with Crippen molar-refractivity contribution in [2.45, 2.75) is 45.4 Å². The fraction of sp³-hybridized carbons (Fsp3) is 0.292. The number of ketones is 1. The summed E-state index contributed by atoms with van der Waals surface area (Å²) in [6, 6.07) is 3.66. The molecule has 2 heterocycles. The minimum Gasteiger partial charge on any atom is -0.506 e. The van der Waals surface area contributed by atoms with Gasteiger partial charge in [0.05, 0.1) is 25.3 Å². The highest BCUT2D eigenvalue weighted by Gasteiger charge is 2.17. The molecule has 0 aliphatic carbocycles. The molecular formula is C24H27N3O10. The van der Waals surface area contributed by atoms with E-state index >= 15 is 0 Å². The van der Waals surface area contributed by atoms with E-state index in [1.165, 1.54) is 12.3 Å². The standard InChI is InChI=1S/C16H16N2O7.C8H11NO3/c17-11(15(21)22)5-8-7-18-12-2-1-9(6-10(8)12)25-14(20)4-3-13(19)16(23)24;1-5-8(12)7(4-11)6(3-10)2-9-5/h1-2,6-7,11,18H,3-5,17H2,(H,21,22)(H,23,24);2,10-12H,3-4H2,1H3/t11-;/m0./s1. The molecule has 0 aliphatic rings. The van der Waals surface area contributed by atoms with Crippen LogP contribution in [0.2, 0.25) is 0 Å². The monoisotopic (exact) mass is 517 g/mol. The maximum atomic E-state index is 11.7. The maximum absolute atomic E-state index is 11.7. The Morgan fingerprint density at radius 1 is 1.08 bits per heavy atom. The molecule has 0 saturated carbocycles. The number of carboxylic acids is 2. The van der Waals surface area contributed by atoms with Crippen molar-refractivity contribution >= 4 is 34.6 Å². The van der Waals surface area contributed by atoms with Gasteiger partial charge in [0.15, 0.2) is 0 Å². The molecule has 198 valence electrons. The molecule has 8 N–H and O–H groups in total. The first-order valence-electron chi connectivity index (χ1n) is 10.9. The first-order valence-corrected chi connectivity index (χ1v) is 10.9. The lowest BCUT2D eigenvalue weighted by Gasteiger charge is -2.07. The number of aliphatic hydroxyl groups excluding tert-OH is 2. The van der Waals surface area contributed by atoms with Gasteiger partial charge >= 0.3 is 17.9 Å². The van der Waals surface area contributed by atoms with E-state index in [-0.39, 0.29) is 37.6 Å². The minimum absolute atomic E-state index is 0.0379. The predicted octanol–water partition coefficient (Wildman–Crippen LogP) is 0.542. The number of ether oxygens (including phenoxy) is 1. The summed E-state index contributed by atoms with van der Waals surface area (Å²) < 4.78 is 5.08. The van der Waals surface area contributed by atoms with Gasteiger partial charge in [0.25, 0.3) is 0 Å². The van der Waals surface area contributed by atoms with Gasteiger partial charge in [-0.3, -0.25) is 19.4 Å². The maximum Gasteiger partial charge on any atom is 0.372 e. The number of carbonyl (C=O) groups is 4. The number of nitrogens with two attached hydrogens (primary N) is 1. The van der Waals surface area contributed by atoms with Crippen LogP contribution in [-0.2, 0) is 38.8 Å². The number of aliphatic hydroxyl groups is 2. The van der Waals surface area contributed by atoms with Gasteiger partial charge in [-0.1, -0.05) is 0 Å². The number of hydrogen-bond donors (Lipinski definition) is 7. The van der Waals surface area contributed by atoms with Crippen molar-refractivity contribution in [1.29, 1.82) is 0 Å². The molecule has 1 aromatic carbocycles. The molecule has 37 heavy (non-hydrogen) atoms. The van der Waals surface area contributed by atoms with Gasteiger partial charge in [0, 0.05) is 47.3 Å². The van der Waals surface area contributed by atoms with Crippen LogP contribution in [0.25, 0.3) is 10.9 Å². The Bertz CT molecular complexity index is 1300. The summed E-state index contributed by atoms with van der Waals surface area (Å²) in [7, 11) is 0. The van der Waals surface area contributed by atoms with Crippen molar-refractivity contribution < 1.29 is 49.4 Å². The summed E-state index contributed by atoms with van der Waals surface area (Å²) in [5.41, 5.74) is 8.17. The molecule has 0 bridgehead atoms. The quantitative estimate of drug-likeness (QED) is 0.111. The Balaban J connectivity index is 0.000000335. The molecule has 0 amide bonds. The largest absolute Gasteiger partial charge is 0.506 e. The lowest BCUT2D eigenvalue weighted by molar-refractivity contribution is -0.149. The second-order valence-electron chi connectivity index (χ2n) is 7.88. The molecule has 3 aromatic rings. The summed E-state index contributed by atoms with van der Waals surface area (Å²) >= 11 is 0. The number of aryl methyl sites for hydroxylation is 1. The zero-order chi connectivity index (χ0) is 27.7. The van der Waals surface area contributed by atoms with Crippen molar-refractivity contribution in [1.82, 2.24) is 9.97 Å². The highest BCUT2D eigenvalue weighted by atomic mass is 16.5. The van der Waals surface area contributed by atoms with Crippen LogP contribution in [0.1, 0.15) is 35.2 Å². The molecule has 0 radical (unpaired) electrons. The number of carbonyl (C=O) groups excluding carboxylic acids is 2. The van der Waals surface area contributed by atoms with Gasteiger partial charge in [-0.2, -0.15) is 0 Å². The van der Waals surface area contributed by atoms with Crippen LogP contribution in [0, 0.1) is 6.92 Å². The van der Waals surface area contributed by atoms with E-state index in [0.29, 0.717) is 33.3 Å². The summed E-state index contributed by atoms with van der Waals surface area (Å²) in [4.78, 5) is 50.7. The number of H-pyrrole nitrogens is 1. The van der Waals surface area contributed by atoms with Gasteiger partial charge in [0.2, 0.25) is 5.78 Å². The Morgan fingerprint density at radius 2 is 1.78 bits per heavy atom. The fourth-order valence-electron chi connectivity index (χ4n) is 3.22. The number of carboxylic acid groups (broad SMARTS) is 2. The molecule has 0 spiro atoms. The van der Waals surface area contributed by atoms with Gasteiger partial charge in [0.1, 0.15) is 17.5 Å². The Labute approximate surface area is 210 Å². The second kappa shape index (κ2) is 13.1. The smallest absolute Gasteiger partial charge is 0.372 e. The minimum atomic E-state index is -1.60. The number of aromatic hydroxyl groups is 1. The average molecular weight is 517 g/mol. The van der Waals surface area contributed by atoms with E-state index < -0.39 is 36.2 Å². The number of aliphatic carboxylic acids is 2. The van der Waals surface area contributed by atoms with Crippen LogP contribution >= 0.6 is 0 Å². The number of rotatable bonds is 10. The normalized spacial score (nSPS) is 11.4. The Kier molecular flexibility index (Phi) is 10.2. The number of nitrogens with zero attached hydrogens (tertiary/aromatic N) is 1. The zero-order valence-corrected chi connectivity index (χ0v) is 19.8. The van der Waals surface area contributed by atoms with Crippen LogP contribution in [0.5, 0.6) is 11.5 Å². The molecule has 0 aliphatic heterocycles. The summed E-state index contributed by atoms with van der Waals surface area (Å²) in [6.07, 6.45) is 2.37. The first-order chi connectivity index (χ1) is 17.5. The summed E-state index contributed by atoms with van der Waals surface area (Å²) in [5.74, 6) is -4.37. The third kappa shape index (κ3) is 7.83. The number of pyridine rings is 1. The van der Waals surface area contributed by atoms with E-state index in [4.69, 9.17) is 30.9 Å². The molecule has 1 atom stereocenters. The molecule has 0 unspecified atom stereocenters. The van der Waals surface area contributed by atoms with E-state index in [1.54, 1.807) is 25.3 Å². The summed E-state index contributed by atoms with van der Waals surface area (Å²) in [5, 5.41) is 45.0. The Hall–Kier alpha value is -4.33. The third-order valence-corrected chi connectivity index (χ3v) is 5.28. The van der Waals surface area contributed by atoms with E-state index in [2.05, 4.69) is 9.97 Å². The lowest BCUT2D eigenvalue weighted by Crippen LogP contribution is -2.32. The SMILES string of the molecule is Cc1ncc(CO)c(CO)c1O.N[C@@H](Cc1c[nH]c2ccc(OC(=O)CCC(=O)C(=O)O)cc12)C(=O)O. The van der Waals surface area contributed by atoms with Crippen molar-refractivity contribution in [3.8, 4) is 11.5 Å². The van der Waals surface area contributed by atoms with Gasteiger partial charge < -0.3 is 41.0 Å². The lowest BCUT2D eigenvalue weighted by atomic mass is 10.1. The fourth-order valence-corrected chi connectivity index (χ4v) is 3.22. The van der Waals surface area contributed by atoms with Crippen molar-refractivity contribution in [3.63, 3.8) is 0 Å². The number of aromatic amines is 1. The number of fused-ring (bicyclic) bond motifs is 1. The van der Waals surface area contributed by atoms with Crippen molar-refractivity contribution in [2.75, 3.05) is 0 Å². The van der Waals surface area contributed by atoms with Crippen molar-refractivity contribution in [2.24, 2.45) is 5.73 Å². The van der Waals surface area contributed by atoms with E-state index in [1.807, 2.05) is 0 Å². The van der Waals surface area contributed by atoms with E-state index in [9.17, 15) is 24.3 Å². The predicted molar refractivity (Wildman–Crippen MR) is 128 cm³/mol. The van der Waals surface area contributed by atoms with Gasteiger partial charge in [-0.15, -0.1) is 0 Å². The topological polar surface area (TPSA) is 233 Å². The third-order valence-electron chi connectivity index (χ3n) is 5.28. The number of nitrogens with one attached hydrogen (secondary N) is 1. The Morgan fingerprint density at radius 3 is 2.38 bits per heavy atom. The molecular weight excluding hydrogens is 490 g/mol. The molecule has 2 aromatic heterocycles. The highest BCUT2D eigenvalue weighted by Crippen LogP contribution is 2.25. The van der Waals surface area contributed by atoms with Crippen LogP contribution in [0.15, 0.2) is 30.6 Å². The van der Waals surface area contributed by atoms with Crippen LogP contribution in [0.4, 0.5) is 0 Å². The van der Waals surface area contributed by atoms with Crippen LogP contribution < -0.4 is 10.5 Å². The first kappa shape index (κ1) is 28.9. The van der Waals surface area contributed by atoms with Gasteiger partial charge in [-0.05, 0) is 30.7 Å². The van der Waals surface area contributed by atoms with Crippen LogP contribution in [-0.4, -0.2) is 65.2 Å². The summed E-state index contributed by atoms with van der Waals surface area (Å²) in [6.45, 7) is 1.12. The van der Waals surface area contributed by atoms with Crippen LogP contribution in [0.3, 0.4) is 0 Å². The number of aromatic nitrogens is 2. The highest BCUT2D eigenvalue weighted by molar-refractivity contribution is 6.32. The number of hydrogen-bond acceptors (Lipinski definition) is 10. The molecule has 13 nitrogen and oxygen atoms in total. The molecule has 13 heteroatoms. The number of benzene rings is 1. The number of esters is 1. The number of Topliss-reactive ketones (excluding diaryl/α,β-unsaturated/α-hetero) is 1. The zero-order valence-electron chi connectivity index (χ0n) is 19.8. The molecule has 0 fully saturated rings. The van der Waals surface area contributed by atoms with E-state index in [0.717, 1.165) is 0 Å². The van der Waals surface area contributed by atoms with Gasteiger partial charge in [-0.25, -0.2) is 4.79 Å². The molecule has 0 saturated heterocycles. The molecule has 3 rings (SSSR count). The average Bonchev–Trinajstić information content (AvgIpc) is 3.26. The second-order valence-corrected chi connectivity index (χ2v) is 7.88. The van der Waals surface area contributed by atoms with Crippen molar-refractivity contribution in [3.05, 3.63) is 53.0 Å².